The Morgan fingerprint density at radius 1 is 1.00 bits per heavy atom. The van der Waals surface area contributed by atoms with Crippen molar-refractivity contribution in [1.82, 2.24) is 15.3 Å². The van der Waals surface area contributed by atoms with E-state index in [9.17, 15) is 9.59 Å². The third kappa shape index (κ3) is 3.88. The zero-order valence-corrected chi connectivity index (χ0v) is 10.0. The van der Waals surface area contributed by atoms with Gasteiger partial charge in [0, 0.05) is 25.1 Å². The Balaban J connectivity index is 1.85. The van der Waals surface area contributed by atoms with Crippen LogP contribution in [0, 0.1) is 0 Å². The standard InChI is InChI=1S/C13H12N4O2/c18-12(16-8-10-3-1-5-14-7-10)13(19)17-11-4-2-6-15-9-11/h1-7,9H,8H2,(H,16,18)(H,17,19). The molecular formula is C13H12N4O2. The van der Waals surface area contributed by atoms with Gasteiger partial charge in [0.2, 0.25) is 0 Å². The fourth-order valence-corrected chi connectivity index (χ4v) is 1.39. The summed E-state index contributed by atoms with van der Waals surface area (Å²) in [6.45, 7) is 0.257. The number of hydrogen-bond acceptors (Lipinski definition) is 4. The maximum absolute atomic E-state index is 11.6. The summed E-state index contributed by atoms with van der Waals surface area (Å²) in [4.78, 5) is 30.9. The number of carbonyl (C=O) groups is 2. The third-order valence-electron chi connectivity index (χ3n) is 2.30. The second-order valence-corrected chi connectivity index (χ2v) is 3.74. The van der Waals surface area contributed by atoms with Crippen LogP contribution in [0.3, 0.4) is 0 Å². The van der Waals surface area contributed by atoms with Crippen LogP contribution >= 0.6 is 0 Å². The van der Waals surface area contributed by atoms with E-state index in [1.807, 2.05) is 6.07 Å². The maximum Gasteiger partial charge on any atom is 0.313 e. The lowest BCUT2D eigenvalue weighted by Crippen LogP contribution is -2.34. The maximum atomic E-state index is 11.6. The number of rotatable bonds is 3. The van der Waals surface area contributed by atoms with Crippen LogP contribution in [0.1, 0.15) is 5.56 Å². The van der Waals surface area contributed by atoms with Crippen molar-refractivity contribution in [2.24, 2.45) is 0 Å². The average Bonchev–Trinajstić information content (AvgIpc) is 2.47. The first-order chi connectivity index (χ1) is 9.25. The molecule has 2 heterocycles. The van der Waals surface area contributed by atoms with Gasteiger partial charge < -0.3 is 10.6 Å². The first-order valence-corrected chi connectivity index (χ1v) is 5.64. The van der Waals surface area contributed by atoms with Gasteiger partial charge in [-0.2, -0.15) is 0 Å². The Morgan fingerprint density at radius 2 is 1.74 bits per heavy atom. The average molecular weight is 256 g/mol. The number of hydrogen-bond donors (Lipinski definition) is 2. The lowest BCUT2D eigenvalue weighted by molar-refractivity contribution is -0.136. The van der Waals surface area contributed by atoms with Crippen molar-refractivity contribution in [2.45, 2.75) is 6.54 Å². The Labute approximate surface area is 109 Å². The van der Waals surface area contributed by atoms with Gasteiger partial charge >= 0.3 is 11.8 Å². The van der Waals surface area contributed by atoms with Gasteiger partial charge in [-0.25, -0.2) is 0 Å². The molecule has 0 aromatic carbocycles. The van der Waals surface area contributed by atoms with E-state index in [0.717, 1.165) is 5.56 Å². The Bertz CT molecular complexity index is 557. The highest BCUT2D eigenvalue weighted by Gasteiger charge is 2.13. The molecular weight excluding hydrogens is 244 g/mol. The molecule has 2 N–H and O–H groups in total. The summed E-state index contributed by atoms with van der Waals surface area (Å²) in [6, 6.07) is 6.89. The van der Waals surface area contributed by atoms with E-state index >= 15 is 0 Å². The van der Waals surface area contributed by atoms with Gasteiger partial charge in [-0.15, -0.1) is 0 Å². The second kappa shape index (κ2) is 6.25. The zero-order chi connectivity index (χ0) is 13.5. The highest BCUT2D eigenvalue weighted by molar-refractivity contribution is 6.39. The summed E-state index contributed by atoms with van der Waals surface area (Å²) in [5.74, 6) is -1.43. The summed E-state index contributed by atoms with van der Waals surface area (Å²) in [5, 5.41) is 4.96. The van der Waals surface area contributed by atoms with Crippen molar-refractivity contribution in [1.29, 1.82) is 0 Å². The SMILES string of the molecule is O=C(NCc1cccnc1)C(=O)Nc1cccnc1. The molecule has 0 aliphatic carbocycles. The molecule has 0 atom stereocenters. The molecule has 2 aromatic rings. The number of amides is 2. The summed E-state index contributed by atoms with van der Waals surface area (Å²) >= 11 is 0. The highest BCUT2D eigenvalue weighted by Crippen LogP contribution is 2.02. The molecule has 0 spiro atoms. The molecule has 6 nitrogen and oxygen atoms in total. The highest BCUT2D eigenvalue weighted by atomic mass is 16.2. The fraction of sp³-hybridized carbons (Fsp3) is 0.0769. The van der Waals surface area contributed by atoms with Crippen LogP contribution in [0.2, 0.25) is 0 Å². The molecule has 0 radical (unpaired) electrons. The predicted molar refractivity (Wildman–Crippen MR) is 69.0 cm³/mol. The molecule has 0 aliphatic heterocycles. The van der Waals surface area contributed by atoms with Crippen LogP contribution in [0.25, 0.3) is 0 Å². The van der Waals surface area contributed by atoms with E-state index < -0.39 is 11.8 Å². The number of nitrogens with one attached hydrogen (secondary N) is 2. The van der Waals surface area contributed by atoms with Crippen molar-refractivity contribution in [2.75, 3.05) is 5.32 Å². The van der Waals surface area contributed by atoms with Crippen LogP contribution < -0.4 is 10.6 Å². The summed E-state index contributed by atoms with van der Waals surface area (Å²) < 4.78 is 0. The molecule has 0 saturated carbocycles. The van der Waals surface area contributed by atoms with Gasteiger partial charge in [-0.3, -0.25) is 19.6 Å². The topological polar surface area (TPSA) is 84.0 Å². The number of nitrogens with zero attached hydrogens (tertiary/aromatic N) is 2. The number of anilines is 1. The number of pyridine rings is 2. The lowest BCUT2D eigenvalue weighted by Gasteiger charge is -2.05. The van der Waals surface area contributed by atoms with Crippen LogP contribution in [0.15, 0.2) is 49.1 Å². The molecule has 0 saturated heterocycles. The van der Waals surface area contributed by atoms with Gasteiger partial charge in [0.1, 0.15) is 0 Å². The van der Waals surface area contributed by atoms with Gasteiger partial charge in [-0.1, -0.05) is 6.07 Å². The minimum atomic E-state index is -0.725. The smallest absolute Gasteiger partial charge is 0.313 e. The van der Waals surface area contributed by atoms with Gasteiger partial charge in [-0.05, 0) is 23.8 Å². The Kier molecular flexibility index (Phi) is 4.17. The first-order valence-electron chi connectivity index (χ1n) is 5.64. The van der Waals surface area contributed by atoms with Crippen LogP contribution in [-0.2, 0) is 16.1 Å². The molecule has 6 heteroatoms. The minimum Gasteiger partial charge on any atom is -0.344 e. The van der Waals surface area contributed by atoms with Crippen LogP contribution in [0.5, 0.6) is 0 Å². The van der Waals surface area contributed by atoms with Crippen LogP contribution in [0.4, 0.5) is 5.69 Å². The van der Waals surface area contributed by atoms with E-state index in [-0.39, 0.29) is 6.54 Å². The van der Waals surface area contributed by atoms with E-state index in [1.54, 1.807) is 36.8 Å². The molecule has 0 bridgehead atoms. The van der Waals surface area contributed by atoms with Gasteiger partial charge in [0.15, 0.2) is 0 Å². The second-order valence-electron chi connectivity index (χ2n) is 3.74. The van der Waals surface area contributed by atoms with E-state index in [2.05, 4.69) is 20.6 Å². The molecule has 96 valence electrons. The fourth-order valence-electron chi connectivity index (χ4n) is 1.39. The Hall–Kier alpha value is -2.76. The van der Waals surface area contributed by atoms with Gasteiger partial charge in [0.25, 0.3) is 0 Å². The van der Waals surface area contributed by atoms with E-state index in [1.165, 1.54) is 6.20 Å². The Morgan fingerprint density at radius 3 is 2.37 bits per heavy atom. The lowest BCUT2D eigenvalue weighted by atomic mass is 10.3. The molecule has 0 fully saturated rings. The van der Waals surface area contributed by atoms with Gasteiger partial charge in [0.05, 0.1) is 11.9 Å². The predicted octanol–water partition coefficient (Wildman–Crippen LogP) is 0.731. The minimum absolute atomic E-state index is 0.257. The van der Waals surface area contributed by atoms with Crippen molar-refractivity contribution < 1.29 is 9.59 Å². The summed E-state index contributed by atoms with van der Waals surface area (Å²) in [5.41, 5.74) is 1.30. The first kappa shape index (κ1) is 12.7. The van der Waals surface area contributed by atoms with Crippen molar-refractivity contribution in [3.63, 3.8) is 0 Å². The number of aromatic nitrogens is 2. The van der Waals surface area contributed by atoms with Crippen molar-refractivity contribution >= 4 is 17.5 Å². The van der Waals surface area contributed by atoms with Crippen LogP contribution in [-0.4, -0.2) is 21.8 Å². The molecule has 0 aliphatic rings. The molecule has 2 rings (SSSR count). The molecule has 19 heavy (non-hydrogen) atoms. The van der Waals surface area contributed by atoms with E-state index in [4.69, 9.17) is 0 Å². The normalized spacial score (nSPS) is 9.68. The zero-order valence-electron chi connectivity index (χ0n) is 10.0. The monoisotopic (exact) mass is 256 g/mol. The quantitative estimate of drug-likeness (QED) is 0.793. The largest absolute Gasteiger partial charge is 0.344 e. The molecule has 0 unspecified atom stereocenters. The summed E-state index contributed by atoms with van der Waals surface area (Å²) in [6.07, 6.45) is 6.31. The van der Waals surface area contributed by atoms with E-state index in [0.29, 0.717) is 5.69 Å². The summed E-state index contributed by atoms with van der Waals surface area (Å²) in [7, 11) is 0. The van der Waals surface area contributed by atoms with Crippen molar-refractivity contribution in [3.8, 4) is 0 Å². The van der Waals surface area contributed by atoms with Crippen molar-refractivity contribution in [3.05, 3.63) is 54.6 Å². The third-order valence-corrected chi connectivity index (χ3v) is 2.30. The number of carbonyl (C=O) groups excluding carboxylic acids is 2. The molecule has 2 aromatic heterocycles. The molecule has 2 amide bonds.